The molecule has 1 fully saturated rings. The zero-order valence-electron chi connectivity index (χ0n) is 10.6. The van der Waals surface area contributed by atoms with E-state index in [2.05, 4.69) is 10.4 Å². The summed E-state index contributed by atoms with van der Waals surface area (Å²) in [5.74, 6) is 0.383. The number of piperidine rings is 1. The van der Waals surface area contributed by atoms with E-state index >= 15 is 0 Å². The van der Waals surface area contributed by atoms with E-state index in [9.17, 15) is 4.39 Å². The third-order valence-corrected chi connectivity index (χ3v) is 3.21. The fraction of sp³-hybridized carbons (Fsp3) is 0.357. The van der Waals surface area contributed by atoms with Gasteiger partial charge in [-0.3, -0.25) is 0 Å². The second-order valence-corrected chi connectivity index (χ2v) is 4.66. The molecular formula is C14H16FN3O. The van der Waals surface area contributed by atoms with E-state index in [4.69, 9.17) is 4.74 Å². The standard InChI is InChI=1S/C14H16FN3O/c15-13-5-1-2-6-14(13)18-10-12(9-17-18)19-11-4-3-7-16-8-11/h1-2,5-6,9-11,16H,3-4,7-8H2. The van der Waals surface area contributed by atoms with Crippen molar-refractivity contribution in [2.45, 2.75) is 18.9 Å². The predicted octanol–water partition coefficient (Wildman–Crippen LogP) is 2.14. The second-order valence-electron chi connectivity index (χ2n) is 4.66. The highest BCUT2D eigenvalue weighted by molar-refractivity contribution is 5.33. The van der Waals surface area contributed by atoms with Crippen LogP contribution in [0.25, 0.3) is 5.69 Å². The highest BCUT2D eigenvalue weighted by atomic mass is 19.1. The molecule has 0 saturated carbocycles. The number of ether oxygens (including phenoxy) is 1. The zero-order valence-corrected chi connectivity index (χ0v) is 10.6. The molecule has 1 aromatic carbocycles. The first-order chi connectivity index (χ1) is 9.33. The summed E-state index contributed by atoms with van der Waals surface area (Å²) in [6.45, 7) is 1.90. The molecule has 19 heavy (non-hydrogen) atoms. The molecule has 4 nitrogen and oxygen atoms in total. The van der Waals surface area contributed by atoms with Crippen LogP contribution in [-0.4, -0.2) is 29.0 Å². The number of benzene rings is 1. The number of aromatic nitrogens is 2. The van der Waals surface area contributed by atoms with E-state index < -0.39 is 0 Å². The number of hydrogen-bond acceptors (Lipinski definition) is 3. The van der Waals surface area contributed by atoms with E-state index in [1.807, 2.05) is 0 Å². The topological polar surface area (TPSA) is 39.1 Å². The van der Waals surface area contributed by atoms with Gasteiger partial charge in [0.1, 0.15) is 17.6 Å². The van der Waals surface area contributed by atoms with Gasteiger partial charge < -0.3 is 10.1 Å². The van der Waals surface area contributed by atoms with Crippen LogP contribution in [0.4, 0.5) is 4.39 Å². The Balaban J connectivity index is 1.74. The van der Waals surface area contributed by atoms with Crippen molar-refractivity contribution in [1.82, 2.24) is 15.1 Å². The van der Waals surface area contributed by atoms with Gasteiger partial charge in [0, 0.05) is 6.54 Å². The van der Waals surface area contributed by atoms with Crippen LogP contribution < -0.4 is 10.1 Å². The van der Waals surface area contributed by atoms with E-state index in [0.29, 0.717) is 11.4 Å². The molecule has 2 heterocycles. The van der Waals surface area contributed by atoms with Crippen LogP contribution in [0.1, 0.15) is 12.8 Å². The van der Waals surface area contributed by atoms with E-state index in [-0.39, 0.29) is 11.9 Å². The van der Waals surface area contributed by atoms with Crippen molar-refractivity contribution in [2.75, 3.05) is 13.1 Å². The van der Waals surface area contributed by atoms with Crippen molar-refractivity contribution >= 4 is 0 Å². The maximum atomic E-state index is 13.6. The van der Waals surface area contributed by atoms with Crippen molar-refractivity contribution in [3.63, 3.8) is 0 Å². The summed E-state index contributed by atoms with van der Waals surface area (Å²) in [5, 5.41) is 7.43. The van der Waals surface area contributed by atoms with Crippen LogP contribution in [0.2, 0.25) is 0 Å². The van der Waals surface area contributed by atoms with E-state index in [1.54, 1.807) is 30.6 Å². The summed E-state index contributed by atoms with van der Waals surface area (Å²) >= 11 is 0. The monoisotopic (exact) mass is 261 g/mol. The van der Waals surface area contributed by atoms with Crippen molar-refractivity contribution in [3.05, 3.63) is 42.5 Å². The smallest absolute Gasteiger partial charge is 0.158 e. The number of hydrogen-bond donors (Lipinski definition) is 1. The van der Waals surface area contributed by atoms with E-state index in [0.717, 1.165) is 25.9 Å². The molecular weight excluding hydrogens is 245 g/mol. The molecule has 0 aliphatic carbocycles. The van der Waals surface area contributed by atoms with Gasteiger partial charge in [0.05, 0.1) is 12.4 Å². The van der Waals surface area contributed by atoms with Crippen LogP contribution in [0, 0.1) is 5.82 Å². The quantitative estimate of drug-likeness (QED) is 0.920. The highest BCUT2D eigenvalue weighted by Gasteiger charge is 2.15. The molecule has 0 radical (unpaired) electrons. The lowest BCUT2D eigenvalue weighted by Gasteiger charge is -2.22. The largest absolute Gasteiger partial charge is 0.486 e. The molecule has 1 aliphatic heterocycles. The number of nitrogens with one attached hydrogen (secondary N) is 1. The van der Waals surface area contributed by atoms with Gasteiger partial charge in [0.25, 0.3) is 0 Å². The van der Waals surface area contributed by atoms with Crippen molar-refractivity contribution in [3.8, 4) is 11.4 Å². The minimum absolute atomic E-state index is 0.173. The maximum Gasteiger partial charge on any atom is 0.158 e. The van der Waals surface area contributed by atoms with Crippen LogP contribution >= 0.6 is 0 Å². The summed E-state index contributed by atoms with van der Waals surface area (Å²) in [5.41, 5.74) is 0.430. The van der Waals surface area contributed by atoms with Crippen LogP contribution in [0.15, 0.2) is 36.7 Å². The van der Waals surface area contributed by atoms with Gasteiger partial charge in [0.15, 0.2) is 5.75 Å². The normalized spacial score (nSPS) is 19.3. The van der Waals surface area contributed by atoms with Crippen molar-refractivity contribution < 1.29 is 9.13 Å². The minimum Gasteiger partial charge on any atom is -0.486 e. The molecule has 1 aromatic heterocycles. The Morgan fingerprint density at radius 2 is 2.26 bits per heavy atom. The Morgan fingerprint density at radius 1 is 1.37 bits per heavy atom. The minimum atomic E-state index is -0.295. The molecule has 1 N–H and O–H groups in total. The van der Waals surface area contributed by atoms with Gasteiger partial charge in [-0.2, -0.15) is 5.10 Å². The van der Waals surface area contributed by atoms with Crippen molar-refractivity contribution in [2.24, 2.45) is 0 Å². The van der Waals surface area contributed by atoms with Crippen LogP contribution in [0.3, 0.4) is 0 Å². The average molecular weight is 261 g/mol. The first-order valence-electron chi connectivity index (χ1n) is 6.50. The maximum absolute atomic E-state index is 13.6. The molecule has 1 aliphatic rings. The third-order valence-electron chi connectivity index (χ3n) is 3.21. The molecule has 1 atom stereocenters. The molecule has 100 valence electrons. The molecule has 5 heteroatoms. The summed E-state index contributed by atoms with van der Waals surface area (Å²) < 4.78 is 21.0. The Labute approximate surface area is 111 Å². The molecule has 2 aromatic rings. The second kappa shape index (κ2) is 5.40. The Bertz CT molecular complexity index is 549. The number of rotatable bonds is 3. The van der Waals surface area contributed by atoms with Crippen molar-refractivity contribution in [1.29, 1.82) is 0 Å². The van der Waals surface area contributed by atoms with Crippen LogP contribution in [-0.2, 0) is 0 Å². The lowest BCUT2D eigenvalue weighted by molar-refractivity contribution is 0.167. The predicted molar refractivity (Wildman–Crippen MR) is 70.0 cm³/mol. The molecule has 3 rings (SSSR count). The summed E-state index contributed by atoms with van der Waals surface area (Å²) in [6.07, 6.45) is 5.67. The third kappa shape index (κ3) is 2.76. The van der Waals surface area contributed by atoms with Gasteiger partial charge in [-0.25, -0.2) is 9.07 Å². The summed E-state index contributed by atoms with van der Waals surface area (Å²) in [4.78, 5) is 0. The lowest BCUT2D eigenvalue weighted by atomic mass is 10.1. The fourth-order valence-electron chi connectivity index (χ4n) is 2.25. The first kappa shape index (κ1) is 12.2. The lowest BCUT2D eigenvalue weighted by Crippen LogP contribution is -2.37. The SMILES string of the molecule is Fc1ccccc1-n1cc(OC2CCCNC2)cn1. The van der Waals surface area contributed by atoms with Gasteiger partial charge in [-0.1, -0.05) is 12.1 Å². The van der Waals surface area contributed by atoms with Gasteiger partial charge in [0.2, 0.25) is 0 Å². The number of halogens is 1. The molecule has 0 bridgehead atoms. The Morgan fingerprint density at radius 3 is 3.05 bits per heavy atom. The molecule has 0 amide bonds. The zero-order chi connectivity index (χ0) is 13.1. The molecule has 1 unspecified atom stereocenters. The average Bonchev–Trinajstić information content (AvgIpc) is 2.89. The summed E-state index contributed by atoms with van der Waals surface area (Å²) in [7, 11) is 0. The number of para-hydroxylation sites is 1. The Kier molecular flexibility index (Phi) is 3.46. The van der Waals surface area contributed by atoms with Gasteiger partial charge in [-0.15, -0.1) is 0 Å². The highest BCUT2D eigenvalue weighted by Crippen LogP contribution is 2.18. The van der Waals surface area contributed by atoms with Gasteiger partial charge >= 0.3 is 0 Å². The van der Waals surface area contributed by atoms with Gasteiger partial charge in [-0.05, 0) is 31.5 Å². The molecule has 0 spiro atoms. The fourth-order valence-corrected chi connectivity index (χ4v) is 2.25. The molecule has 1 saturated heterocycles. The van der Waals surface area contributed by atoms with Crippen LogP contribution in [0.5, 0.6) is 5.75 Å². The van der Waals surface area contributed by atoms with E-state index in [1.165, 1.54) is 10.7 Å². The number of nitrogens with zero attached hydrogens (tertiary/aromatic N) is 2. The Hall–Kier alpha value is -1.88. The first-order valence-corrected chi connectivity index (χ1v) is 6.50. The summed E-state index contributed by atoms with van der Waals surface area (Å²) in [6, 6.07) is 6.55.